The Balaban J connectivity index is 1.46. The SMILES string of the molecule is CCNC(=O)N[C@@H](C)c1ccc(OC2CN(c3ccc(OCC)cc3)C2)cc1. The third-order valence-corrected chi connectivity index (χ3v) is 4.73. The van der Waals surface area contributed by atoms with Gasteiger partial charge in [0.05, 0.1) is 25.7 Å². The van der Waals surface area contributed by atoms with Gasteiger partial charge in [0.25, 0.3) is 0 Å². The second-order valence-electron chi connectivity index (χ2n) is 6.87. The maximum absolute atomic E-state index is 11.6. The molecule has 0 saturated carbocycles. The van der Waals surface area contributed by atoms with Crippen LogP contribution >= 0.6 is 0 Å². The van der Waals surface area contributed by atoms with Gasteiger partial charge in [-0.15, -0.1) is 0 Å². The standard InChI is InChI=1S/C22H29N3O3/c1-4-23-22(26)24-16(3)17-6-10-20(11-7-17)28-21-14-25(15-21)18-8-12-19(13-9-18)27-5-2/h6-13,16,21H,4-5,14-15H2,1-3H3,(H2,23,24,26)/t16-/m0/s1. The number of amides is 2. The highest BCUT2D eigenvalue weighted by Gasteiger charge is 2.28. The van der Waals surface area contributed by atoms with Gasteiger partial charge in [-0.1, -0.05) is 12.1 Å². The summed E-state index contributed by atoms with van der Waals surface area (Å²) in [6.45, 7) is 8.87. The molecule has 6 nitrogen and oxygen atoms in total. The van der Waals surface area contributed by atoms with Crippen LogP contribution in [0.4, 0.5) is 10.5 Å². The van der Waals surface area contributed by atoms with E-state index in [1.165, 1.54) is 5.69 Å². The number of nitrogens with one attached hydrogen (secondary N) is 2. The van der Waals surface area contributed by atoms with Gasteiger partial charge >= 0.3 is 6.03 Å². The lowest BCUT2D eigenvalue weighted by Crippen LogP contribution is -2.54. The van der Waals surface area contributed by atoms with Gasteiger partial charge in [-0.05, 0) is 62.7 Å². The number of hydrogen-bond donors (Lipinski definition) is 2. The van der Waals surface area contributed by atoms with Crippen molar-refractivity contribution in [1.82, 2.24) is 10.6 Å². The molecule has 0 aliphatic carbocycles. The first-order valence-corrected chi connectivity index (χ1v) is 9.87. The van der Waals surface area contributed by atoms with Crippen molar-refractivity contribution in [2.24, 2.45) is 0 Å². The maximum Gasteiger partial charge on any atom is 0.315 e. The third-order valence-electron chi connectivity index (χ3n) is 4.73. The molecule has 2 aromatic rings. The molecule has 1 saturated heterocycles. The zero-order valence-electron chi connectivity index (χ0n) is 16.8. The van der Waals surface area contributed by atoms with E-state index in [1.807, 2.05) is 57.2 Å². The van der Waals surface area contributed by atoms with Crippen LogP contribution in [0.15, 0.2) is 48.5 Å². The minimum atomic E-state index is -0.154. The summed E-state index contributed by atoms with van der Waals surface area (Å²) >= 11 is 0. The van der Waals surface area contributed by atoms with Gasteiger partial charge in [-0.25, -0.2) is 4.79 Å². The molecule has 150 valence electrons. The molecule has 2 aromatic carbocycles. The molecular formula is C22H29N3O3. The molecule has 1 fully saturated rings. The number of rotatable bonds is 8. The summed E-state index contributed by atoms with van der Waals surface area (Å²) in [5.74, 6) is 1.75. The lowest BCUT2D eigenvalue weighted by atomic mass is 10.1. The highest BCUT2D eigenvalue weighted by Crippen LogP contribution is 2.26. The summed E-state index contributed by atoms with van der Waals surface area (Å²) in [4.78, 5) is 13.9. The van der Waals surface area contributed by atoms with Gasteiger partial charge in [-0.2, -0.15) is 0 Å². The second-order valence-corrected chi connectivity index (χ2v) is 6.87. The van der Waals surface area contributed by atoms with Crippen LogP contribution in [0, 0.1) is 0 Å². The van der Waals surface area contributed by atoms with Gasteiger partial charge in [0.1, 0.15) is 17.6 Å². The second kappa shape index (κ2) is 9.35. The number of carbonyl (C=O) groups is 1. The molecule has 1 aliphatic rings. The molecule has 2 amide bonds. The molecule has 0 spiro atoms. The van der Waals surface area contributed by atoms with Crippen molar-refractivity contribution in [3.63, 3.8) is 0 Å². The predicted octanol–water partition coefficient (Wildman–Crippen LogP) is 3.73. The van der Waals surface area contributed by atoms with Crippen LogP contribution in [0.25, 0.3) is 0 Å². The highest BCUT2D eigenvalue weighted by atomic mass is 16.5. The minimum absolute atomic E-state index is 0.0561. The summed E-state index contributed by atoms with van der Waals surface area (Å²) in [5, 5.41) is 5.65. The molecule has 1 aliphatic heterocycles. The highest BCUT2D eigenvalue weighted by molar-refractivity contribution is 5.74. The van der Waals surface area contributed by atoms with Gasteiger partial charge in [0.15, 0.2) is 0 Å². The van der Waals surface area contributed by atoms with Crippen LogP contribution in [0.2, 0.25) is 0 Å². The fraction of sp³-hybridized carbons (Fsp3) is 0.409. The van der Waals surface area contributed by atoms with Crippen LogP contribution in [-0.2, 0) is 0 Å². The summed E-state index contributed by atoms with van der Waals surface area (Å²) in [5.41, 5.74) is 2.23. The Hall–Kier alpha value is -2.89. The molecule has 1 heterocycles. The van der Waals surface area contributed by atoms with E-state index in [1.54, 1.807) is 0 Å². The van der Waals surface area contributed by atoms with Crippen molar-refractivity contribution >= 4 is 11.7 Å². The number of ether oxygens (including phenoxy) is 2. The van der Waals surface area contributed by atoms with E-state index < -0.39 is 0 Å². The first kappa shape index (κ1) is 19.9. The fourth-order valence-corrected chi connectivity index (χ4v) is 3.16. The summed E-state index contributed by atoms with van der Waals surface area (Å²) in [6.07, 6.45) is 0.184. The topological polar surface area (TPSA) is 62.8 Å². The van der Waals surface area contributed by atoms with Crippen LogP contribution in [-0.4, -0.2) is 38.4 Å². The molecule has 6 heteroatoms. The Morgan fingerprint density at radius 3 is 2.32 bits per heavy atom. The lowest BCUT2D eigenvalue weighted by Gasteiger charge is -2.40. The zero-order chi connectivity index (χ0) is 19.9. The average Bonchev–Trinajstić information content (AvgIpc) is 2.66. The first-order chi connectivity index (χ1) is 13.6. The number of benzene rings is 2. The van der Waals surface area contributed by atoms with Crippen molar-refractivity contribution in [1.29, 1.82) is 0 Å². The van der Waals surface area contributed by atoms with Crippen molar-refractivity contribution < 1.29 is 14.3 Å². The molecule has 2 N–H and O–H groups in total. The van der Waals surface area contributed by atoms with E-state index in [2.05, 4.69) is 27.7 Å². The predicted molar refractivity (Wildman–Crippen MR) is 111 cm³/mol. The number of anilines is 1. The number of carbonyl (C=O) groups excluding carboxylic acids is 1. The maximum atomic E-state index is 11.6. The lowest BCUT2D eigenvalue weighted by molar-refractivity contribution is 0.167. The largest absolute Gasteiger partial charge is 0.494 e. The Kier molecular flexibility index (Phi) is 6.63. The quantitative estimate of drug-likeness (QED) is 0.729. The first-order valence-electron chi connectivity index (χ1n) is 9.87. The van der Waals surface area contributed by atoms with E-state index in [0.29, 0.717) is 13.2 Å². The van der Waals surface area contributed by atoms with E-state index in [0.717, 1.165) is 30.2 Å². The smallest absolute Gasteiger partial charge is 0.315 e. The molecular weight excluding hydrogens is 354 g/mol. The van der Waals surface area contributed by atoms with Crippen LogP contribution in [0.3, 0.4) is 0 Å². The Morgan fingerprint density at radius 2 is 1.71 bits per heavy atom. The average molecular weight is 383 g/mol. The van der Waals surface area contributed by atoms with Crippen LogP contribution < -0.4 is 25.0 Å². The number of hydrogen-bond acceptors (Lipinski definition) is 4. The number of nitrogens with zero attached hydrogens (tertiary/aromatic N) is 1. The van der Waals surface area contributed by atoms with Crippen molar-refractivity contribution in [2.45, 2.75) is 32.9 Å². The normalized spacial score (nSPS) is 14.8. The Labute approximate surface area is 166 Å². The molecule has 0 radical (unpaired) electrons. The molecule has 0 bridgehead atoms. The van der Waals surface area contributed by atoms with Crippen LogP contribution in [0.5, 0.6) is 11.5 Å². The summed E-state index contributed by atoms with van der Waals surface area (Å²) in [7, 11) is 0. The fourth-order valence-electron chi connectivity index (χ4n) is 3.16. The summed E-state index contributed by atoms with van der Waals surface area (Å²) in [6, 6.07) is 15.9. The van der Waals surface area contributed by atoms with Gasteiger partial charge in [-0.3, -0.25) is 0 Å². The molecule has 3 rings (SSSR count). The van der Waals surface area contributed by atoms with Gasteiger partial charge in [0, 0.05) is 12.2 Å². The van der Waals surface area contributed by atoms with E-state index >= 15 is 0 Å². The van der Waals surface area contributed by atoms with E-state index in [4.69, 9.17) is 9.47 Å². The van der Waals surface area contributed by atoms with Crippen molar-refractivity contribution in [3.05, 3.63) is 54.1 Å². The van der Waals surface area contributed by atoms with Crippen molar-refractivity contribution in [2.75, 3.05) is 31.1 Å². The zero-order valence-corrected chi connectivity index (χ0v) is 16.8. The van der Waals surface area contributed by atoms with E-state index in [-0.39, 0.29) is 18.2 Å². The minimum Gasteiger partial charge on any atom is -0.494 e. The third kappa shape index (κ3) is 5.09. The van der Waals surface area contributed by atoms with Gasteiger partial charge < -0.3 is 25.0 Å². The number of urea groups is 1. The monoisotopic (exact) mass is 383 g/mol. The Bertz CT molecular complexity index is 756. The van der Waals surface area contributed by atoms with E-state index in [9.17, 15) is 4.79 Å². The van der Waals surface area contributed by atoms with Gasteiger partial charge in [0.2, 0.25) is 0 Å². The van der Waals surface area contributed by atoms with Crippen molar-refractivity contribution in [3.8, 4) is 11.5 Å². The Morgan fingerprint density at radius 1 is 1.07 bits per heavy atom. The van der Waals surface area contributed by atoms with Crippen LogP contribution in [0.1, 0.15) is 32.4 Å². The molecule has 1 atom stereocenters. The molecule has 0 unspecified atom stereocenters. The summed E-state index contributed by atoms with van der Waals surface area (Å²) < 4.78 is 11.5. The molecule has 0 aromatic heterocycles. The molecule has 28 heavy (non-hydrogen) atoms.